The number of nitrogens with zero attached hydrogens (tertiary/aromatic N) is 3. The first-order valence-corrected chi connectivity index (χ1v) is 10.2. The van der Waals surface area contributed by atoms with E-state index >= 15 is 0 Å². The standard InChI is InChI=1S/C21H25ClN4O2/c1-23-19-14-24-13-17(25-19)18-3-2-10-26(18)20(27)21(8-11-28-12-9-21)15-4-6-16(22)7-5-15/h4-7,13-14,18H,2-3,8-12H2,1H3,(H,23,25)/t18-/m1/s1. The summed E-state index contributed by atoms with van der Waals surface area (Å²) in [6.07, 6.45) is 6.70. The zero-order valence-corrected chi connectivity index (χ0v) is 16.8. The Hall–Kier alpha value is -2.18. The fraction of sp³-hybridized carbons (Fsp3) is 0.476. The lowest BCUT2D eigenvalue weighted by molar-refractivity contribution is -0.142. The molecule has 2 aliphatic heterocycles. The highest BCUT2D eigenvalue weighted by molar-refractivity contribution is 6.30. The predicted octanol–water partition coefficient (Wildman–Crippen LogP) is 3.58. The van der Waals surface area contributed by atoms with Crippen molar-refractivity contribution in [2.75, 3.05) is 32.1 Å². The third-order valence-corrected chi connectivity index (χ3v) is 6.17. The number of ether oxygens (including phenoxy) is 1. The molecule has 2 fully saturated rings. The molecule has 0 spiro atoms. The van der Waals surface area contributed by atoms with Crippen molar-refractivity contribution < 1.29 is 9.53 Å². The average Bonchev–Trinajstić information content (AvgIpc) is 3.24. The molecule has 7 heteroatoms. The Kier molecular flexibility index (Phi) is 5.51. The van der Waals surface area contributed by atoms with Crippen LogP contribution in [0.3, 0.4) is 0 Å². The maximum atomic E-state index is 13.9. The molecule has 0 radical (unpaired) electrons. The second-order valence-corrected chi connectivity index (χ2v) is 7.87. The van der Waals surface area contributed by atoms with Gasteiger partial charge in [0.2, 0.25) is 5.91 Å². The molecule has 6 nitrogen and oxygen atoms in total. The van der Waals surface area contributed by atoms with Gasteiger partial charge in [0, 0.05) is 31.8 Å². The topological polar surface area (TPSA) is 67.4 Å². The smallest absolute Gasteiger partial charge is 0.233 e. The van der Waals surface area contributed by atoms with E-state index < -0.39 is 5.41 Å². The Morgan fingerprint density at radius 3 is 2.71 bits per heavy atom. The van der Waals surface area contributed by atoms with Crippen molar-refractivity contribution >= 4 is 23.3 Å². The van der Waals surface area contributed by atoms with Gasteiger partial charge >= 0.3 is 0 Å². The van der Waals surface area contributed by atoms with Crippen LogP contribution >= 0.6 is 11.6 Å². The molecule has 2 aromatic rings. The third-order valence-electron chi connectivity index (χ3n) is 5.92. The van der Waals surface area contributed by atoms with E-state index in [9.17, 15) is 4.79 Å². The van der Waals surface area contributed by atoms with Crippen molar-refractivity contribution in [3.05, 3.63) is 52.9 Å². The SMILES string of the molecule is CNc1cncc([C@H]2CCCN2C(=O)C2(c3ccc(Cl)cc3)CCOCC2)n1. The Bertz CT molecular complexity index is 837. The van der Waals surface area contributed by atoms with Gasteiger partial charge in [0.25, 0.3) is 0 Å². The monoisotopic (exact) mass is 400 g/mol. The molecule has 0 aliphatic carbocycles. The zero-order valence-electron chi connectivity index (χ0n) is 16.0. The molecule has 3 heterocycles. The third kappa shape index (κ3) is 3.47. The highest BCUT2D eigenvalue weighted by Gasteiger charge is 2.47. The van der Waals surface area contributed by atoms with Crippen LogP contribution in [0.2, 0.25) is 5.02 Å². The molecule has 1 amide bonds. The molecule has 1 atom stereocenters. The number of anilines is 1. The van der Waals surface area contributed by atoms with Gasteiger partial charge in [-0.1, -0.05) is 23.7 Å². The lowest BCUT2D eigenvalue weighted by Crippen LogP contribution is -2.49. The molecular formula is C21H25ClN4O2. The summed E-state index contributed by atoms with van der Waals surface area (Å²) >= 11 is 6.09. The molecule has 148 valence electrons. The molecule has 1 aromatic heterocycles. The Balaban J connectivity index is 1.68. The fourth-order valence-electron chi connectivity index (χ4n) is 4.37. The molecule has 4 rings (SSSR count). The number of halogens is 1. The summed E-state index contributed by atoms with van der Waals surface area (Å²) in [5.74, 6) is 0.882. The Labute approximate surface area is 170 Å². The fourth-order valence-corrected chi connectivity index (χ4v) is 4.50. The van der Waals surface area contributed by atoms with E-state index in [4.69, 9.17) is 16.3 Å². The van der Waals surface area contributed by atoms with Gasteiger partial charge in [0.05, 0.1) is 29.5 Å². The summed E-state index contributed by atoms with van der Waals surface area (Å²) < 4.78 is 5.60. The van der Waals surface area contributed by atoms with Gasteiger partial charge in [-0.05, 0) is 43.4 Å². The van der Waals surface area contributed by atoms with E-state index in [1.807, 2.05) is 36.2 Å². The molecular weight excluding hydrogens is 376 g/mol. The second-order valence-electron chi connectivity index (χ2n) is 7.44. The Morgan fingerprint density at radius 2 is 2.00 bits per heavy atom. The van der Waals surface area contributed by atoms with Crippen LogP contribution in [0.1, 0.15) is 43.0 Å². The number of hydrogen-bond donors (Lipinski definition) is 1. The molecule has 2 aliphatic rings. The number of likely N-dealkylation sites (tertiary alicyclic amines) is 1. The maximum Gasteiger partial charge on any atom is 0.233 e. The van der Waals surface area contributed by atoms with E-state index in [1.54, 1.807) is 12.4 Å². The van der Waals surface area contributed by atoms with Crippen molar-refractivity contribution in [1.29, 1.82) is 0 Å². The molecule has 2 saturated heterocycles. The average molecular weight is 401 g/mol. The first kappa shape index (κ1) is 19.2. The van der Waals surface area contributed by atoms with Crippen molar-refractivity contribution in [1.82, 2.24) is 14.9 Å². The molecule has 0 bridgehead atoms. The van der Waals surface area contributed by atoms with Gasteiger partial charge < -0.3 is 15.0 Å². The van der Waals surface area contributed by atoms with Crippen LogP contribution in [0, 0.1) is 0 Å². The zero-order chi connectivity index (χ0) is 19.6. The van der Waals surface area contributed by atoms with Crippen molar-refractivity contribution in [2.24, 2.45) is 0 Å². The van der Waals surface area contributed by atoms with Crippen LogP contribution in [-0.4, -0.2) is 47.6 Å². The number of amides is 1. The van der Waals surface area contributed by atoms with Gasteiger partial charge in [-0.2, -0.15) is 0 Å². The van der Waals surface area contributed by atoms with E-state index in [2.05, 4.69) is 15.3 Å². The summed E-state index contributed by atoms with van der Waals surface area (Å²) in [4.78, 5) is 24.9. The first-order valence-electron chi connectivity index (χ1n) is 9.78. The van der Waals surface area contributed by atoms with E-state index in [0.29, 0.717) is 31.1 Å². The van der Waals surface area contributed by atoms with Gasteiger partial charge in [0.1, 0.15) is 5.82 Å². The number of carbonyl (C=O) groups is 1. The number of nitrogens with one attached hydrogen (secondary N) is 1. The Morgan fingerprint density at radius 1 is 1.25 bits per heavy atom. The van der Waals surface area contributed by atoms with Crippen molar-refractivity contribution in [3.63, 3.8) is 0 Å². The van der Waals surface area contributed by atoms with E-state index in [0.717, 1.165) is 36.5 Å². The number of carbonyl (C=O) groups excluding carboxylic acids is 1. The number of benzene rings is 1. The summed E-state index contributed by atoms with van der Waals surface area (Å²) in [6.45, 7) is 1.91. The first-order chi connectivity index (χ1) is 13.6. The highest BCUT2D eigenvalue weighted by Crippen LogP contribution is 2.41. The van der Waals surface area contributed by atoms with E-state index in [-0.39, 0.29) is 11.9 Å². The quantitative estimate of drug-likeness (QED) is 0.849. The van der Waals surface area contributed by atoms with Crippen LogP contribution in [0.15, 0.2) is 36.7 Å². The van der Waals surface area contributed by atoms with Gasteiger partial charge in [-0.25, -0.2) is 4.98 Å². The summed E-state index contributed by atoms with van der Waals surface area (Å²) in [6, 6.07) is 7.66. The van der Waals surface area contributed by atoms with Crippen LogP contribution in [0.5, 0.6) is 0 Å². The lowest BCUT2D eigenvalue weighted by atomic mass is 9.73. The highest BCUT2D eigenvalue weighted by atomic mass is 35.5. The normalized spacial score (nSPS) is 21.5. The minimum Gasteiger partial charge on any atom is -0.381 e. The summed E-state index contributed by atoms with van der Waals surface area (Å²) in [5, 5.41) is 3.71. The molecule has 28 heavy (non-hydrogen) atoms. The van der Waals surface area contributed by atoms with Crippen LogP contribution < -0.4 is 5.32 Å². The lowest BCUT2D eigenvalue weighted by Gasteiger charge is -2.40. The minimum absolute atomic E-state index is 0.0414. The predicted molar refractivity (Wildman–Crippen MR) is 108 cm³/mol. The molecule has 1 aromatic carbocycles. The molecule has 0 unspecified atom stereocenters. The van der Waals surface area contributed by atoms with Gasteiger partial charge in [0.15, 0.2) is 0 Å². The summed E-state index contributed by atoms with van der Waals surface area (Å²) in [5.41, 5.74) is 1.29. The van der Waals surface area contributed by atoms with Gasteiger partial charge in [-0.15, -0.1) is 0 Å². The molecule has 0 saturated carbocycles. The minimum atomic E-state index is -0.570. The molecule has 1 N–H and O–H groups in total. The number of rotatable bonds is 4. The van der Waals surface area contributed by atoms with Crippen molar-refractivity contribution in [2.45, 2.75) is 37.1 Å². The van der Waals surface area contributed by atoms with Crippen LogP contribution in [0.4, 0.5) is 5.82 Å². The summed E-state index contributed by atoms with van der Waals surface area (Å²) in [7, 11) is 1.82. The van der Waals surface area contributed by atoms with Crippen LogP contribution in [0.25, 0.3) is 0 Å². The van der Waals surface area contributed by atoms with E-state index in [1.165, 1.54) is 0 Å². The number of hydrogen-bond acceptors (Lipinski definition) is 5. The van der Waals surface area contributed by atoms with Crippen molar-refractivity contribution in [3.8, 4) is 0 Å². The van der Waals surface area contributed by atoms with Gasteiger partial charge in [-0.3, -0.25) is 9.78 Å². The largest absolute Gasteiger partial charge is 0.381 e. The van der Waals surface area contributed by atoms with Crippen LogP contribution in [-0.2, 0) is 14.9 Å². The second kappa shape index (κ2) is 8.05. The number of aromatic nitrogens is 2. The maximum absolute atomic E-state index is 13.9.